The van der Waals surface area contributed by atoms with Crippen LogP contribution in [0.5, 0.6) is 0 Å². The van der Waals surface area contributed by atoms with Gasteiger partial charge in [-0.25, -0.2) is 9.97 Å². The number of hydrogen-bond acceptors (Lipinski definition) is 4. The number of nitrogens with one attached hydrogen (secondary N) is 2. The van der Waals surface area contributed by atoms with Crippen molar-refractivity contribution in [3.8, 4) is 0 Å². The molecule has 1 aromatic heterocycles. The summed E-state index contributed by atoms with van der Waals surface area (Å²) in [4.78, 5) is 19.9. The van der Waals surface area contributed by atoms with E-state index in [-0.39, 0.29) is 17.2 Å². The number of alkyl halides is 3. The van der Waals surface area contributed by atoms with Crippen molar-refractivity contribution in [2.24, 2.45) is 0 Å². The van der Waals surface area contributed by atoms with E-state index >= 15 is 0 Å². The van der Waals surface area contributed by atoms with Gasteiger partial charge in [0.1, 0.15) is 0 Å². The first-order chi connectivity index (χ1) is 12.4. The highest BCUT2D eigenvalue weighted by molar-refractivity contribution is 6.03. The predicted octanol–water partition coefficient (Wildman–Crippen LogP) is 4.49. The molecule has 0 bridgehead atoms. The maximum absolute atomic E-state index is 13.0. The highest BCUT2D eigenvalue weighted by atomic mass is 19.4. The van der Waals surface area contributed by atoms with Gasteiger partial charge in [-0.05, 0) is 24.3 Å². The molecule has 0 aliphatic rings. The summed E-state index contributed by atoms with van der Waals surface area (Å²) in [7, 11) is 0. The number of carbonyl (C=O) groups excluding carboxylic acids is 1. The van der Waals surface area contributed by atoms with Gasteiger partial charge in [-0.3, -0.25) is 4.79 Å². The van der Waals surface area contributed by atoms with Gasteiger partial charge in [0.15, 0.2) is 0 Å². The molecule has 3 rings (SSSR count). The van der Waals surface area contributed by atoms with E-state index in [0.717, 1.165) is 6.07 Å². The van der Waals surface area contributed by atoms with Crippen molar-refractivity contribution in [1.29, 1.82) is 0 Å². The summed E-state index contributed by atoms with van der Waals surface area (Å²) in [5, 5.41) is 5.19. The number of carbonyl (C=O) groups is 1. The number of aromatic nitrogens is 2. The van der Waals surface area contributed by atoms with Crippen molar-refractivity contribution >= 4 is 23.2 Å². The second-order valence-corrected chi connectivity index (χ2v) is 5.28. The molecule has 2 N–H and O–H groups in total. The van der Waals surface area contributed by atoms with E-state index < -0.39 is 17.6 Å². The summed E-state index contributed by atoms with van der Waals surface area (Å²) in [6.45, 7) is 0. The summed E-state index contributed by atoms with van der Waals surface area (Å²) in [6.07, 6.45) is -2.02. The number of hydrogen-bond donors (Lipinski definition) is 2. The number of para-hydroxylation sites is 2. The third-order valence-electron chi connectivity index (χ3n) is 3.42. The highest BCUT2D eigenvalue weighted by Crippen LogP contribution is 2.35. The Morgan fingerprint density at radius 1 is 0.885 bits per heavy atom. The molecule has 8 heteroatoms. The van der Waals surface area contributed by atoms with E-state index in [4.69, 9.17) is 0 Å². The molecule has 0 atom stereocenters. The highest BCUT2D eigenvalue weighted by Gasteiger charge is 2.33. The molecular formula is C18H13F3N4O. The van der Waals surface area contributed by atoms with Gasteiger partial charge >= 0.3 is 6.18 Å². The van der Waals surface area contributed by atoms with Gasteiger partial charge < -0.3 is 10.6 Å². The zero-order chi connectivity index (χ0) is 18.6. The average molecular weight is 358 g/mol. The van der Waals surface area contributed by atoms with E-state index in [0.29, 0.717) is 5.69 Å². The Labute approximate surface area is 146 Å². The molecule has 0 spiro atoms. The molecule has 0 aliphatic heterocycles. The third kappa shape index (κ3) is 4.15. The van der Waals surface area contributed by atoms with Gasteiger partial charge in [-0.15, -0.1) is 0 Å². The van der Waals surface area contributed by atoms with Crippen LogP contribution in [0, 0.1) is 0 Å². The molecule has 2 aromatic carbocycles. The van der Waals surface area contributed by atoms with Crippen LogP contribution >= 0.6 is 0 Å². The first-order valence-electron chi connectivity index (χ1n) is 7.55. The Morgan fingerprint density at radius 2 is 1.50 bits per heavy atom. The van der Waals surface area contributed by atoms with Crippen molar-refractivity contribution in [2.45, 2.75) is 6.18 Å². The quantitative estimate of drug-likeness (QED) is 0.721. The number of anilines is 3. The summed E-state index contributed by atoms with van der Waals surface area (Å²) < 4.78 is 39.0. The average Bonchev–Trinajstić information content (AvgIpc) is 2.63. The van der Waals surface area contributed by atoms with Gasteiger partial charge in [0.2, 0.25) is 5.95 Å². The minimum Gasteiger partial charge on any atom is -0.324 e. The van der Waals surface area contributed by atoms with Gasteiger partial charge in [-0.1, -0.05) is 30.3 Å². The molecule has 0 saturated carbocycles. The van der Waals surface area contributed by atoms with Crippen LogP contribution in [0.1, 0.15) is 15.9 Å². The number of nitrogens with zero attached hydrogens (tertiary/aromatic N) is 2. The Balaban J connectivity index is 1.74. The lowest BCUT2D eigenvalue weighted by Crippen LogP contribution is -2.13. The van der Waals surface area contributed by atoms with Crippen LogP contribution in [0.3, 0.4) is 0 Å². The molecule has 0 radical (unpaired) electrons. The normalized spacial score (nSPS) is 11.0. The van der Waals surface area contributed by atoms with E-state index in [9.17, 15) is 18.0 Å². The SMILES string of the molecule is O=C(Nc1ccccc1)c1cnc(Nc2ccccc2C(F)(F)F)nc1. The lowest BCUT2D eigenvalue weighted by Gasteiger charge is -2.13. The van der Waals surface area contributed by atoms with E-state index in [1.54, 1.807) is 24.3 Å². The van der Waals surface area contributed by atoms with E-state index in [1.165, 1.54) is 30.6 Å². The zero-order valence-corrected chi connectivity index (χ0v) is 13.3. The van der Waals surface area contributed by atoms with Crippen LogP contribution in [0.4, 0.5) is 30.5 Å². The minimum absolute atomic E-state index is 0.0436. The first kappa shape index (κ1) is 17.4. The third-order valence-corrected chi connectivity index (χ3v) is 3.42. The summed E-state index contributed by atoms with van der Waals surface area (Å²) in [6, 6.07) is 13.8. The van der Waals surface area contributed by atoms with Gasteiger partial charge in [0.25, 0.3) is 5.91 Å². The van der Waals surface area contributed by atoms with Crippen molar-refractivity contribution in [2.75, 3.05) is 10.6 Å². The molecule has 1 amide bonds. The van der Waals surface area contributed by atoms with Gasteiger partial charge in [0, 0.05) is 18.1 Å². The van der Waals surface area contributed by atoms with Crippen LogP contribution in [0.25, 0.3) is 0 Å². The number of benzene rings is 2. The summed E-state index contributed by atoms with van der Waals surface area (Å²) >= 11 is 0. The fourth-order valence-electron chi connectivity index (χ4n) is 2.19. The number of rotatable bonds is 4. The topological polar surface area (TPSA) is 66.9 Å². The Kier molecular flexibility index (Phi) is 4.83. The monoisotopic (exact) mass is 358 g/mol. The standard InChI is InChI=1S/C18H13F3N4O/c19-18(20,21)14-8-4-5-9-15(14)25-17-22-10-12(11-23-17)16(26)24-13-6-2-1-3-7-13/h1-11H,(H,24,26)(H,22,23,25). The van der Waals surface area contributed by atoms with Crippen LogP contribution in [0.15, 0.2) is 67.0 Å². The van der Waals surface area contributed by atoms with Crippen LogP contribution < -0.4 is 10.6 Å². The molecule has 0 aliphatic carbocycles. The number of amides is 1. The number of halogens is 3. The maximum atomic E-state index is 13.0. The van der Waals surface area contributed by atoms with Crippen LogP contribution in [-0.2, 0) is 6.18 Å². The van der Waals surface area contributed by atoms with E-state index in [2.05, 4.69) is 20.6 Å². The second-order valence-electron chi connectivity index (χ2n) is 5.28. The van der Waals surface area contributed by atoms with Crippen LogP contribution in [0.2, 0.25) is 0 Å². The van der Waals surface area contributed by atoms with Gasteiger partial charge in [0.05, 0.1) is 16.8 Å². The Morgan fingerprint density at radius 3 is 2.15 bits per heavy atom. The molecule has 0 saturated heterocycles. The molecule has 1 heterocycles. The predicted molar refractivity (Wildman–Crippen MR) is 91.2 cm³/mol. The first-order valence-corrected chi connectivity index (χ1v) is 7.55. The zero-order valence-electron chi connectivity index (χ0n) is 13.3. The van der Waals surface area contributed by atoms with Crippen molar-refractivity contribution in [1.82, 2.24) is 9.97 Å². The minimum atomic E-state index is -4.50. The molecule has 26 heavy (non-hydrogen) atoms. The Hall–Kier alpha value is -3.42. The molecule has 3 aromatic rings. The van der Waals surface area contributed by atoms with Crippen LogP contribution in [-0.4, -0.2) is 15.9 Å². The van der Waals surface area contributed by atoms with Gasteiger partial charge in [-0.2, -0.15) is 13.2 Å². The summed E-state index contributed by atoms with van der Waals surface area (Å²) in [5.41, 5.74) is -0.196. The molecular weight excluding hydrogens is 345 g/mol. The smallest absolute Gasteiger partial charge is 0.324 e. The summed E-state index contributed by atoms with van der Waals surface area (Å²) in [5.74, 6) is -0.462. The van der Waals surface area contributed by atoms with Crippen molar-refractivity contribution in [3.05, 3.63) is 78.1 Å². The van der Waals surface area contributed by atoms with E-state index in [1.807, 2.05) is 6.07 Å². The molecule has 132 valence electrons. The fraction of sp³-hybridized carbons (Fsp3) is 0.0556. The maximum Gasteiger partial charge on any atom is 0.418 e. The van der Waals surface area contributed by atoms with Crippen molar-refractivity contribution in [3.63, 3.8) is 0 Å². The molecule has 5 nitrogen and oxygen atoms in total. The second kappa shape index (κ2) is 7.22. The lowest BCUT2D eigenvalue weighted by atomic mass is 10.1. The molecule has 0 unspecified atom stereocenters. The largest absolute Gasteiger partial charge is 0.418 e. The Bertz CT molecular complexity index is 896. The fourth-order valence-corrected chi connectivity index (χ4v) is 2.19. The molecule has 0 fully saturated rings. The lowest BCUT2D eigenvalue weighted by molar-refractivity contribution is -0.136. The van der Waals surface area contributed by atoms with Crippen molar-refractivity contribution < 1.29 is 18.0 Å².